The standard InChI is InChI=1S/C19H16ClF2NO2S2/c1-12-18(26-11-23-12)8-9-19(16-10-14(21)4-7-17(16)22)27(24,25)15-5-2-13(20)3-6-15/h2-7,10-11,19H,8-9H2,1H3. The van der Waals surface area contributed by atoms with Gasteiger partial charge in [0.25, 0.3) is 0 Å². The molecule has 0 aliphatic carbocycles. The van der Waals surface area contributed by atoms with E-state index in [1.54, 1.807) is 5.51 Å². The summed E-state index contributed by atoms with van der Waals surface area (Å²) < 4.78 is 54.6. The number of sulfone groups is 1. The van der Waals surface area contributed by atoms with Gasteiger partial charge in [0.05, 0.1) is 21.3 Å². The summed E-state index contributed by atoms with van der Waals surface area (Å²) >= 11 is 7.25. The van der Waals surface area contributed by atoms with Crippen molar-refractivity contribution >= 4 is 32.8 Å². The molecule has 0 radical (unpaired) electrons. The third-order valence-corrected chi connectivity index (χ3v) is 7.71. The van der Waals surface area contributed by atoms with Gasteiger partial charge in [-0.15, -0.1) is 11.3 Å². The van der Waals surface area contributed by atoms with Gasteiger partial charge in [-0.05, 0) is 62.2 Å². The van der Waals surface area contributed by atoms with Crippen molar-refractivity contribution in [1.29, 1.82) is 0 Å². The molecular weight excluding hydrogens is 412 g/mol. The Morgan fingerprint density at radius 2 is 1.85 bits per heavy atom. The molecule has 0 aliphatic rings. The summed E-state index contributed by atoms with van der Waals surface area (Å²) in [5, 5.41) is -0.835. The van der Waals surface area contributed by atoms with Crippen molar-refractivity contribution in [3.05, 3.63) is 80.8 Å². The lowest BCUT2D eigenvalue weighted by atomic mass is 10.1. The lowest BCUT2D eigenvalue weighted by molar-refractivity contribution is 0.551. The zero-order valence-electron chi connectivity index (χ0n) is 14.3. The molecule has 0 fully saturated rings. The average Bonchev–Trinajstić information content (AvgIpc) is 3.03. The van der Waals surface area contributed by atoms with Gasteiger partial charge < -0.3 is 0 Å². The van der Waals surface area contributed by atoms with Crippen molar-refractivity contribution in [3.63, 3.8) is 0 Å². The summed E-state index contributed by atoms with van der Waals surface area (Å²) in [6, 6.07) is 8.54. The zero-order valence-corrected chi connectivity index (χ0v) is 16.7. The summed E-state index contributed by atoms with van der Waals surface area (Å²) in [6.07, 6.45) is 0.498. The van der Waals surface area contributed by atoms with Crippen LogP contribution in [0.5, 0.6) is 0 Å². The smallest absolute Gasteiger partial charge is 0.185 e. The van der Waals surface area contributed by atoms with Gasteiger partial charge in [0.15, 0.2) is 9.84 Å². The van der Waals surface area contributed by atoms with Crippen LogP contribution in [0.2, 0.25) is 5.02 Å². The fourth-order valence-electron chi connectivity index (χ4n) is 2.86. The number of aryl methyl sites for hydroxylation is 2. The Kier molecular flexibility index (Phi) is 5.93. The fraction of sp³-hybridized carbons (Fsp3) is 0.211. The molecule has 3 nitrogen and oxygen atoms in total. The molecule has 0 amide bonds. The van der Waals surface area contributed by atoms with Crippen LogP contribution in [0.3, 0.4) is 0 Å². The van der Waals surface area contributed by atoms with E-state index in [2.05, 4.69) is 4.98 Å². The number of aromatic nitrogens is 1. The second-order valence-corrected chi connectivity index (χ2v) is 9.56. The number of nitrogens with zero attached hydrogens (tertiary/aromatic N) is 1. The highest BCUT2D eigenvalue weighted by atomic mass is 35.5. The SMILES string of the molecule is Cc1ncsc1CCC(c1cc(F)ccc1F)S(=O)(=O)c1ccc(Cl)cc1. The zero-order chi connectivity index (χ0) is 19.6. The molecule has 27 heavy (non-hydrogen) atoms. The van der Waals surface area contributed by atoms with Crippen molar-refractivity contribution < 1.29 is 17.2 Å². The molecule has 0 aliphatic heterocycles. The van der Waals surface area contributed by atoms with Gasteiger partial charge in [0.1, 0.15) is 11.6 Å². The summed E-state index contributed by atoms with van der Waals surface area (Å²) in [7, 11) is -3.96. The Hall–Kier alpha value is -1.83. The molecule has 2 aromatic carbocycles. The number of benzene rings is 2. The van der Waals surface area contributed by atoms with Crippen LogP contribution in [-0.4, -0.2) is 13.4 Å². The van der Waals surface area contributed by atoms with Crippen LogP contribution in [-0.2, 0) is 16.3 Å². The van der Waals surface area contributed by atoms with Crippen LogP contribution in [0.15, 0.2) is 52.9 Å². The molecule has 1 heterocycles. The van der Waals surface area contributed by atoms with E-state index in [4.69, 9.17) is 11.6 Å². The maximum atomic E-state index is 14.4. The molecule has 0 N–H and O–H groups in total. The van der Waals surface area contributed by atoms with E-state index in [1.807, 2.05) is 6.92 Å². The Morgan fingerprint density at radius 1 is 1.15 bits per heavy atom. The summed E-state index contributed by atoms with van der Waals surface area (Å²) in [5.41, 5.74) is 2.31. The largest absolute Gasteiger partial charge is 0.250 e. The lowest BCUT2D eigenvalue weighted by Crippen LogP contribution is -2.16. The van der Waals surface area contributed by atoms with Crippen molar-refractivity contribution in [2.75, 3.05) is 0 Å². The number of halogens is 3. The van der Waals surface area contributed by atoms with E-state index < -0.39 is 26.7 Å². The second-order valence-electron chi connectivity index (χ2n) is 6.05. The maximum Gasteiger partial charge on any atom is 0.185 e. The third kappa shape index (κ3) is 4.36. The molecule has 0 saturated heterocycles. The Labute approximate surface area is 165 Å². The molecule has 3 aromatic rings. The van der Waals surface area contributed by atoms with Crippen LogP contribution in [0, 0.1) is 18.6 Å². The van der Waals surface area contributed by atoms with E-state index in [-0.39, 0.29) is 16.9 Å². The van der Waals surface area contributed by atoms with Gasteiger partial charge >= 0.3 is 0 Å². The maximum absolute atomic E-state index is 14.4. The molecule has 8 heteroatoms. The van der Waals surface area contributed by atoms with Crippen molar-refractivity contribution in [2.24, 2.45) is 0 Å². The quantitative estimate of drug-likeness (QED) is 0.519. The normalized spacial score (nSPS) is 12.9. The van der Waals surface area contributed by atoms with Crippen LogP contribution >= 0.6 is 22.9 Å². The summed E-state index contributed by atoms with van der Waals surface area (Å²) in [6.45, 7) is 1.83. The monoisotopic (exact) mass is 427 g/mol. The van der Waals surface area contributed by atoms with Crippen molar-refractivity contribution in [1.82, 2.24) is 4.98 Å². The van der Waals surface area contributed by atoms with Gasteiger partial charge in [0.2, 0.25) is 0 Å². The molecule has 1 aromatic heterocycles. The van der Waals surface area contributed by atoms with E-state index >= 15 is 0 Å². The molecule has 1 atom stereocenters. The van der Waals surface area contributed by atoms with E-state index in [1.165, 1.54) is 35.6 Å². The molecule has 0 spiro atoms. The van der Waals surface area contributed by atoms with Crippen LogP contribution in [0.25, 0.3) is 0 Å². The first kappa shape index (κ1) is 19.9. The highest BCUT2D eigenvalue weighted by Crippen LogP contribution is 2.35. The molecule has 3 rings (SSSR count). The number of hydrogen-bond donors (Lipinski definition) is 0. The Morgan fingerprint density at radius 3 is 2.48 bits per heavy atom. The molecule has 142 valence electrons. The predicted molar refractivity (Wildman–Crippen MR) is 103 cm³/mol. The van der Waals surface area contributed by atoms with Gasteiger partial charge in [-0.1, -0.05) is 11.6 Å². The van der Waals surface area contributed by atoms with Crippen LogP contribution in [0.4, 0.5) is 8.78 Å². The Balaban J connectivity index is 2.04. The highest BCUT2D eigenvalue weighted by molar-refractivity contribution is 7.91. The van der Waals surface area contributed by atoms with Gasteiger partial charge in [0, 0.05) is 15.5 Å². The highest BCUT2D eigenvalue weighted by Gasteiger charge is 2.31. The van der Waals surface area contributed by atoms with Gasteiger partial charge in [-0.3, -0.25) is 0 Å². The fourth-order valence-corrected chi connectivity index (χ4v) is 5.57. The topological polar surface area (TPSA) is 47.0 Å². The molecule has 1 unspecified atom stereocenters. The first-order chi connectivity index (χ1) is 12.8. The third-order valence-electron chi connectivity index (χ3n) is 4.30. The Bertz CT molecular complexity index is 1050. The van der Waals surface area contributed by atoms with Gasteiger partial charge in [-0.25, -0.2) is 22.2 Å². The molecule has 0 bridgehead atoms. The van der Waals surface area contributed by atoms with Gasteiger partial charge in [-0.2, -0.15) is 0 Å². The van der Waals surface area contributed by atoms with Crippen molar-refractivity contribution in [2.45, 2.75) is 29.9 Å². The summed E-state index contributed by atoms with van der Waals surface area (Å²) in [4.78, 5) is 5.08. The molecular formula is C19H16ClF2NO2S2. The summed E-state index contributed by atoms with van der Waals surface area (Å²) in [5.74, 6) is -1.43. The van der Waals surface area contributed by atoms with E-state index in [0.717, 1.165) is 28.8 Å². The average molecular weight is 428 g/mol. The van der Waals surface area contributed by atoms with Crippen molar-refractivity contribution in [3.8, 4) is 0 Å². The van der Waals surface area contributed by atoms with E-state index in [9.17, 15) is 17.2 Å². The predicted octanol–water partition coefficient (Wildman–Crippen LogP) is 5.53. The second kappa shape index (κ2) is 8.04. The number of rotatable bonds is 6. The van der Waals surface area contributed by atoms with Crippen LogP contribution < -0.4 is 0 Å². The van der Waals surface area contributed by atoms with Crippen LogP contribution in [0.1, 0.15) is 27.8 Å². The minimum atomic E-state index is -3.96. The number of hydrogen-bond acceptors (Lipinski definition) is 4. The first-order valence-corrected chi connectivity index (χ1v) is 10.9. The molecule has 0 saturated carbocycles. The lowest BCUT2D eigenvalue weighted by Gasteiger charge is -2.19. The minimum absolute atomic E-state index is 0.0154. The number of thiazole rings is 1. The van der Waals surface area contributed by atoms with E-state index in [0.29, 0.717) is 11.4 Å². The minimum Gasteiger partial charge on any atom is -0.250 e. The first-order valence-electron chi connectivity index (χ1n) is 8.12.